The van der Waals surface area contributed by atoms with Gasteiger partial charge in [-0.2, -0.15) is 0 Å². The summed E-state index contributed by atoms with van der Waals surface area (Å²) in [6, 6.07) is 9.45. The maximum Gasteiger partial charge on any atom is 0.226 e. The highest BCUT2D eigenvalue weighted by Gasteiger charge is 2.12. The fraction of sp³-hybridized carbons (Fsp3) is 0.250. The third-order valence-corrected chi connectivity index (χ3v) is 4.14. The van der Waals surface area contributed by atoms with Gasteiger partial charge in [-0.15, -0.1) is 0 Å². The lowest BCUT2D eigenvalue weighted by Gasteiger charge is -2.12. The van der Waals surface area contributed by atoms with Crippen molar-refractivity contribution in [2.24, 2.45) is 0 Å². The van der Waals surface area contributed by atoms with Crippen molar-refractivity contribution in [1.82, 2.24) is 4.98 Å². The van der Waals surface area contributed by atoms with E-state index in [2.05, 4.69) is 26.2 Å². The molecule has 1 aromatic carbocycles. The molecule has 2 aromatic rings. The molecule has 4 nitrogen and oxygen atoms in total. The van der Waals surface area contributed by atoms with Crippen LogP contribution in [-0.2, 0) is 4.79 Å². The summed E-state index contributed by atoms with van der Waals surface area (Å²) in [4.78, 5) is 16.2. The maximum atomic E-state index is 12.1. The van der Waals surface area contributed by atoms with Crippen molar-refractivity contribution in [3.8, 4) is 0 Å². The number of halogens is 1. The first kappa shape index (κ1) is 15.5. The molecule has 0 aliphatic heterocycles. The van der Waals surface area contributed by atoms with Crippen molar-refractivity contribution in [2.45, 2.75) is 26.2 Å². The van der Waals surface area contributed by atoms with Crippen molar-refractivity contribution in [3.05, 3.63) is 52.1 Å². The van der Waals surface area contributed by atoms with Crippen LogP contribution >= 0.6 is 15.9 Å². The van der Waals surface area contributed by atoms with Gasteiger partial charge in [-0.25, -0.2) is 4.98 Å². The molecule has 0 fully saturated rings. The SMILES string of the molecule is Cc1cc(NC(=O)CC(C)c2ccc(N)cc2)ncc1Br. The number of rotatable bonds is 4. The number of nitrogens with two attached hydrogens (primary N) is 1. The summed E-state index contributed by atoms with van der Waals surface area (Å²) >= 11 is 3.39. The van der Waals surface area contributed by atoms with E-state index < -0.39 is 0 Å². The number of carbonyl (C=O) groups excluding carboxylic acids is 1. The van der Waals surface area contributed by atoms with Gasteiger partial charge in [0.05, 0.1) is 0 Å². The monoisotopic (exact) mass is 347 g/mol. The van der Waals surface area contributed by atoms with E-state index in [0.717, 1.165) is 21.3 Å². The number of hydrogen-bond acceptors (Lipinski definition) is 3. The Kier molecular flexibility index (Phi) is 4.96. The van der Waals surface area contributed by atoms with Crippen LogP contribution in [0.5, 0.6) is 0 Å². The first-order chi connectivity index (χ1) is 9.95. The van der Waals surface area contributed by atoms with E-state index in [-0.39, 0.29) is 11.8 Å². The molecule has 5 heteroatoms. The van der Waals surface area contributed by atoms with Gasteiger partial charge in [-0.3, -0.25) is 4.79 Å². The van der Waals surface area contributed by atoms with Crippen LogP contribution in [0.25, 0.3) is 0 Å². The molecular weight excluding hydrogens is 330 g/mol. The molecule has 1 heterocycles. The number of benzene rings is 1. The normalized spacial score (nSPS) is 12.0. The average Bonchev–Trinajstić information content (AvgIpc) is 2.43. The fourth-order valence-electron chi connectivity index (χ4n) is 2.02. The van der Waals surface area contributed by atoms with Crippen LogP contribution in [-0.4, -0.2) is 10.9 Å². The number of carbonyl (C=O) groups is 1. The summed E-state index contributed by atoms with van der Waals surface area (Å²) in [7, 11) is 0. The topological polar surface area (TPSA) is 68.0 Å². The molecule has 0 bridgehead atoms. The molecule has 110 valence electrons. The smallest absolute Gasteiger partial charge is 0.226 e. The highest BCUT2D eigenvalue weighted by molar-refractivity contribution is 9.10. The second-order valence-electron chi connectivity index (χ2n) is 5.14. The molecule has 0 aliphatic carbocycles. The Bertz CT molecular complexity index is 640. The van der Waals surface area contributed by atoms with Crippen molar-refractivity contribution in [3.63, 3.8) is 0 Å². The lowest BCUT2D eigenvalue weighted by Crippen LogP contribution is -2.15. The van der Waals surface area contributed by atoms with E-state index in [9.17, 15) is 4.79 Å². The maximum absolute atomic E-state index is 12.1. The second-order valence-corrected chi connectivity index (χ2v) is 5.99. The Labute approximate surface area is 132 Å². The Balaban J connectivity index is 1.97. The minimum atomic E-state index is -0.0476. The van der Waals surface area contributed by atoms with Crippen LogP contribution in [0.3, 0.4) is 0 Å². The van der Waals surface area contributed by atoms with Gasteiger partial charge >= 0.3 is 0 Å². The molecular formula is C16H18BrN3O. The molecule has 0 spiro atoms. The molecule has 0 aliphatic rings. The Morgan fingerprint density at radius 3 is 2.67 bits per heavy atom. The minimum absolute atomic E-state index is 0.0476. The van der Waals surface area contributed by atoms with Crippen molar-refractivity contribution in [1.29, 1.82) is 0 Å². The van der Waals surface area contributed by atoms with E-state index in [1.807, 2.05) is 44.2 Å². The first-order valence-corrected chi connectivity index (χ1v) is 7.52. The van der Waals surface area contributed by atoms with Crippen LogP contribution in [0.2, 0.25) is 0 Å². The molecule has 2 rings (SSSR count). The van der Waals surface area contributed by atoms with Crippen molar-refractivity contribution >= 4 is 33.3 Å². The predicted octanol–water partition coefficient (Wildman–Crippen LogP) is 3.87. The van der Waals surface area contributed by atoms with Gasteiger partial charge in [0.1, 0.15) is 5.82 Å². The molecule has 1 amide bonds. The Morgan fingerprint density at radius 2 is 2.05 bits per heavy atom. The number of hydrogen-bond donors (Lipinski definition) is 2. The molecule has 1 atom stereocenters. The summed E-state index contributed by atoms with van der Waals surface area (Å²) in [5, 5.41) is 2.83. The average molecular weight is 348 g/mol. The van der Waals surface area contributed by atoms with E-state index >= 15 is 0 Å². The highest BCUT2D eigenvalue weighted by atomic mass is 79.9. The van der Waals surface area contributed by atoms with Gasteiger partial charge in [0.2, 0.25) is 5.91 Å². The number of aromatic nitrogens is 1. The quantitative estimate of drug-likeness (QED) is 0.825. The lowest BCUT2D eigenvalue weighted by atomic mass is 9.97. The van der Waals surface area contributed by atoms with Gasteiger partial charge in [0.25, 0.3) is 0 Å². The molecule has 1 aromatic heterocycles. The zero-order chi connectivity index (χ0) is 15.4. The third kappa shape index (κ3) is 4.29. The first-order valence-electron chi connectivity index (χ1n) is 6.73. The number of nitrogen functional groups attached to an aromatic ring is 1. The van der Waals surface area contributed by atoms with Gasteiger partial charge in [0.15, 0.2) is 0 Å². The van der Waals surface area contributed by atoms with E-state index in [1.165, 1.54) is 0 Å². The number of aryl methyl sites for hydroxylation is 1. The standard InChI is InChI=1S/C16H18BrN3O/c1-10(12-3-5-13(18)6-4-12)8-16(21)20-15-7-11(2)14(17)9-19-15/h3-7,9-10H,8,18H2,1-2H3,(H,19,20,21). The summed E-state index contributed by atoms with van der Waals surface area (Å²) in [5.41, 5.74) is 8.52. The zero-order valence-corrected chi connectivity index (χ0v) is 13.6. The van der Waals surface area contributed by atoms with E-state index in [4.69, 9.17) is 5.73 Å². The van der Waals surface area contributed by atoms with Gasteiger partial charge in [0, 0.05) is 22.8 Å². The molecule has 1 unspecified atom stereocenters. The molecule has 21 heavy (non-hydrogen) atoms. The summed E-state index contributed by atoms with van der Waals surface area (Å²) < 4.78 is 0.927. The van der Waals surface area contributed by atoms with Crippen LogP contribution in [0, 0.1) is 6.92 Å². The summed E-state index contributed by atoms with van der Waals surface area (Å²) in [6.45, 7) is 3.98. The number of pyridine rings is 1. The third-order valence-electron chi connectivity index (χ3n) is 3.31. The van der Waals surface area contributed by atoms with Gasteiger partial charge in [-0.1, -0.05) is 19.1 Å². The van der Waals surface area contributed by atoms with Crippen LogP contribution in [0.4, 0.5) is 11.5 Å². The largest absolute Gasteiger partial charge is 0.399 e. The van der Waals surface area contributed by atoms with Gasteiger partial charge < -0.3 is 11.1 Å². The lowest BCUT2D eigenvalue weighted by molar-refractivity contribution is -0.116. The summed E-state index contributed by atoms with van der Waals surface area (Å²) in [6.07, 6.45) is 2.09. The summed E-state index contributed by atoms with van der Waals surface area (Å²) in [5.74, 6) is 0.654. The Morgan fingerprint density at radius 1 is 1.38 bits per heavy atom. The van der Waals surface area contributed by atoms with Crippen LogP contribution in [0.15, 0.2) is 41.0 Å². The highest BCUT2D eigenvalue weighted by Crippen LogP contribution is 2.21. The minimum Gasteiger partial charge on any atom is -0.399 e. The molecule has 0 saturated carbocycles. The fourth-order valence-corrected chi connectivity index (χ4v) is 2.24. The number of nitrogens with zero attached hydrogens (tertiary/aromatic N) is 1. The van der Waals surface area contributed by atoms with Crippen molar-refractivity contribution < 1.29 is 4.79 Å². The van der Waals surface area contributed by atoms with Crippen molar-refractivity contribution in [2.75, 3.05) is 11.1 Å². The molecule has 0 saturated heterocycles. The predicted molar refractivity (Wildman–Crippen MR) is 89.2 cm³/mol. The van der Waals surface area contributed by atoms with E-state index in [1.54, 1.807) is 6.20 Å². The Hall–Kier alpha value is -1.88. The van der Waals surface area contributed by atoms with Crippen LogP contribution < -0.4 is 11.1 Å². The molecule has 3 N–H and O–H groups in total. The van der Waals surface area contributed by atoms with Gasteiger partial charge in [-0.05, 0) is 58.1 Å². The molecule has 0 radical (unpaired) electrons. The van der Waals surface area contributed by atoms with Crippen LogP contribution in [0.1, 0.15) is 30.4 Å². The number of amides is 1. The number of nitrogens with one attached hydrogen (secondary N) is 1. The zero-order valence-electron chi connectivity index (χ0n) is 12.1. The van der Waals surface area contributed by atoms with E-state index in [0.29, 0.717) is 12.2 Å². The second kappa shape index (κ2) is 6.72. The number of anilines is 2.